The molecule has 0 radical (unpaired) electrons. The summed E-state index contributed by atoms with van der Waals surface area (Å²) in [6, 6.07) is 14.6. The molecule has 0 saturated heterocycles. The van der Waals surface area contributed by atoms with Crippen LogP contribution in [0.25, 0.3) is 0 Å². The number of amides is 2. The Morgan fingerprint density at radius 2 is 1.92 bits per heavy atom. The summed E-state index contributed by atoms with van der Waals surface area (Å²) in [5.41, 5.74) is 1.49. The Labute approximate surface area is 220 Å². The Hall–Kier alpha value is -3.43. The van der Waals surface area contributed by atoms with Gasteiger partial charge < -0.3 is 24.0 Å². The second-order valence-corrected chi connectivity index (χ2v) is 9.73. The van der Waals surface area contributed by atoms with Crippen molar-refractivity contribution in [2.75, 3.05) is 47.1 Å². The summed E-state index contributed by atoms with van der Waals surface area (Å²) in [7, 11) is 3.15. The predicted molar refractivity (Wildman–Crippen MR) is 140 cm³/mol. The monoisotopic (exact) mass is 526 g/mol. The molecule has 0 bridgehead atoms. The molecule has 1 atom stereocenters. The van der Waals surface area contributed by atoms with Crippen LogP contribution in [0.1, 0.15) is 33.3 Å². The second-order valence-electron chi connectivity index (χ2n) is 8.73. The van der Waals surface area contributed by atoms with Gasteiger partial charge in [-0.15, -0.1) is 11.3 Å². The maximum atomic E-state index is 13.7. The number of carbonyl (C=O) groups is 2. The molecule has 2 aromatic carbocycles. The SMILES string of the molecule is COCCCN(CC(=O)N1CCc2sccc2[C@H]1COc1cccc(F)c1)C(=O)c1cccc(OC)c1. The Balaban J connectivity index is 1.53. The van der Waals surface area contributed by atoms with Crippen LogP contribution in [0.4, 0.5) is 4.39 Å². The summed E-state index contributed by atoms with van der Waals surface area (Å²) in [4.78, 5) is 31.6. The lowest BCUT2D eigenvalue weighted by Crippen LogP contribution is -2.48. The lowest BCUT2D eigenvalue weighted by atomic mass is 10.0. The maximum absolute atomic E-state index is 13.7. The Morgan fingerprint density at radius 3 is 2.70 bits per heavy atom. The highest BCUT2D eigenvalue weighted by molar-refractivity contribution is 7.10. The van der Waals surface area contributed by atoms with Crippen LogP contribution < -0.4 is 9.47 Å². The van der Waals surface area contributed by atoms with Crippen molar-refractivity contribution in [1.82, 2.24) is 9.80 Å². The van der Waals surface area contributed by atoms with Crippen molar-refractivity contribution in [2.24, 2.45) is 0 Å². The van der Waals surface area contributed by atoms with E-state index in [2.05, 4.69) is 0 Å². The number of carbonyl (C=O) groups excluding carboxylic acids is 2. The van der Waals surface area contributed by atoms with E-state index in [1.165, 1.54) is 17.0 Å². The zero-order valence-electron chi connectivity index (χ0n) is 21.0. The van der Waals surface area contributed by atoms with Crippen LogP contribution in [0.3, 0.4) is 0 Å². The quantitative estimate of drug-likeness (QED) is 0.342. The molecule has 7 nitrogen and oxygen atoms in total. The second kappa shape index (κ2) is 12.7. The standard InChI is InChI=1S/C28H31FN2O5S/c1-34-14-5-12-30(28(33)20-6-3-8-22(16-20)35-2)18-27(32)31-13-10-26-24(11-15-37-26)25(31)19-36-23-9-4-7-21(29)17-23/h3-4,6-9,11,15-17,25H,5,10,12-14,18-19H2,1-2H3/t25-/m1/s1. The minimum atomic E-state index is -0.381. The topological polar surface area (TPSA) is 68.3 Å². The van der Waals surface area contributed by atoms with Crippen molar-refractivity contribution in [1.29, 1.82) is 0 Å². The van der Waals surface area contributed by atoms with Gasteiger partial charge in [0.25, 0.3) is 5.91 Å². The first-order valence-corrected chi connectivity index (χ1v) is 13.0. The summed E-state index contributed by atoms with van der Waals surface area (Å²) < 4.78 is 30.0. The summed E-state index contributed by atoms with van der Waals surface area (Å²) in [5.74, 6) is 0.185. The van der Waals surface area contributed by atoms with Crippen LogP contribution in [0.15, 0.2) is 60.0 Å². The maximum Gasteiger partial charge on any atom is 0.254 e. The van der Waals surface area contributed by atoms with Crippen LogP contribution in [0, 0.1) is 5.82 Å². The molecule has 0 fully saturated rings. The number of thiophene rings is 1. The van der Waals surface area contributed by atoms with Gasteiger partial charge in [-0.1, -0.05) is 12.1 Å². The molecule has 1 aromatic heterocycles. The van der Waals surface area contributed by atoms with Gasteiger partial charge in [-0.2, -0.15) is 0 Å². The fourth-order valence-electron chi connectivity index (χ4n) is 4.45. The van der Waals surface area contributed by atoms with E-state index in [0.29, 0.717) is 43.2 Å². The molecule has 3 aromatic rings. The minimum absolute atomic E-state index is 0.0737. The first-order valence-electron chi connectivity index (χ1n) is 12.2. The average Bonchev–Trinajstić information content (AvgIpc) is 3.40. The van der Waals surface area contributed by atoms with E-state index in [9.17, 15) is 14.0 Å². The molecule has 9 heteroatoms. The van der Waals surface area contributed by atoms with Crippen LogP contribution >= 0.6 is 11.3 Å². The van der Waals surface area contributed by atoms with Crippen LogP contribution in [0.2, 0.25) is 0 Å². The van der Waals surface area contributed by atoms with Gasteiger partial charge in [0.15, 0.2) is 0 Å². The molecule has 0 unspecified atom stereocenters. The van der Waals surface area contributed by atoms with E-state index < -0.39 is 0 Å². The van der Waals surface area contributed by atoms with Gasteiger partial charge in [-0.3, -0.25) is 9.59 Å². The van der Waals surface area contributed by atoms with E-state index in [0.717, 1.165) is 12.0 Å². The molecule has 2 amide bonds. The highest BCUT2D eigenvalue weighted by atomic mass is 32.1. The fourth-order valence-corrected chi connectivity index (χ4v) is 5.38. The predicted octanol–water partition coefficient (Wildman–Crippen LogP) is 4.58. The lowest BCUT2D eigenvalue weighted by molar-refractivity contribution is -0.135. The van der Waals surface area contributed by atoms with Crippen molar-refractivity contribution in [2.45, 2.75) is 18.9 Å². The number of ether oxygens (including phenoxy) is 3. The molecule has 1 aliphatic rings. The largest absolute Gasteiger partial charge is 0.497 e. The van der Waals surface area contributed by atoms with Gasteiger partial charge in [-0.05, 0) is 60.2 Å². The summed E-state index contributed by atoms with van der Waals surface area (Å²) in [5, 5.41) is 2.01. The first-order chi connectivity index (χ1) is 18.0. The molecule has 0 spiro atoms. The zero-order chi connectivity index (χ0) is 26.2. The van der Waals surface area contributed by atoms with Crippen LogP contribution in [0.5, 0.6) is 11.5 Å². The number of nitrogens with zero attached hydrogens (tertiary/aromatic N) is 2. The average molecular weight is 527 g/mol. The van der Waals surface area contributed by atoms with E-state index in [1.807, 2.05) is 11.4 Å². The summed E-state index contributed by atoms with van der Waals surface area (Å²) in [6.07, 6.45) is 1.34. The minimum Gasteiger partial charge on any atom is -0.497 e. The normalized spacial score (nSPS) is 14.7. The first kappa shape index (κ1) is 26.6. The van der Waals surface area contributed by atoms with E-state index >= 15 is 0 Å². The molecule has 0 saturated carbocycles. The smallest absolute Gasteiger partial charge is 0.254 e. The van der Waals surface area contributed by atoms with Gasteiger partial charge in [-0.25, -0.2) is 4.39 Å². The molecular formula is C28H31FN2O5S. The van der Waals surface area contributed by atoms with Crippen molar-refractivity contribution >= 4 is 23.2 Å². The Kier molecular flexibility index (Phi) is 9.14. The Morgan fingerprint density at radius 1 is 1.11 bits per heavy atom. The third-order valence-electron chi connectivity index (χ3n) is 6.33. The number of halogens is 1. The van der Waals surface area contributed by atoms with Crippen molar-refractivity contribution in [3.8, 4) is 11.5 Å². The van der Waals surface area contributed by atoms with Crippen LogP contribution in [-0.2, 0) is 16.0 Å². The summed E-state index contributed by atoms with van der Waals surface area (Å²) >= 11 is 1.66. The lowest BCUT2D eigenvalue weighted by Gasteiger charge is -2.37. The highest BCUT2D eigenvalue weighted by Crippen LogP contribution is 2.34. The van der Waals surface area contributed by atoms with Gasteiger partial charge in [0.1, 0.15) is 30.5 Å². The van der Waals surface area contributed by atoms with Gasteiger partial charge in [0.05, 0.1) is 13.2 Å². The molecule has 4 rings (SSSR count). The van der Waals surface area contributed by atoms with E-state index in [1.54, 1.807) is 71.8 Å². The van der Waals surface area contributed by atoms with Crippen molar-refractivity contribution < 1.29 is 28.2 Å². The third-order valence-corrected chi connectivity index (χ3v) is 7.32. The fraction of sp³-hybridized carbons (Fsp3) is 0.357. The van der Waals surface area contributed by atoms with Crippen molar-refractivity contribution in [3.63, 3.8) is 0 Å². The van der Waals surface area contributed by atoms with E-state index in [-0.39, 0.29) is 36.8 Å². The van der Waals surface area contributed by atoms with Gasteiger partial charge in [0.2, 0.25) is 5.91 Å². The molecule has 0 N–H and O–H groups in total. The third kappa shape index (κ3) is 6.67. The molecule has 1 aliphatic heterocycles. The zero-order valence-corrected chi connectivity index (χ0v) is 21.8. The molecular weight excluding hydrogens is 495 g/mol. The van der Waals surface area contributed by atoms with Crippen molar-refractivity contribution in [3.05, 3.63) is 81.8 Å². The molecule has 196 valence electrons. The number of fused-ring (bicyclic) bond motifs is 1. The number of benzene rings is 2. The van der Waals surface area contributed by atoms with E-state index in [4.69, 9.17) is 14.2 Å². The van der Waals surface area contributed by atoms with Gasteiger partial charge in [0, 0.05) is 43.3 Å². The summed E-state index contributed by atoms with van der Waals surface area (Å²) in [6.45, 7) is 1.48. The number of hydrogen-bond donors (Lipinski definition) is 0. The van der Waals surface area contributed by atoms with Crippen LogP contribution in [-0.4, -0.2) is 68.7 Å². The molecule has 0 aliphatic carbocycles. The number of rotatable bonds is 11. The van der Waals surface area contributed by atoms with Gasteiger partial charge >= 0.3 is 0 Å². The Bertz CT molecular complexity index is 1220. The molecule has 37 heavy (non-hydrogen) atoms. The number of methoxy groups -OCH3 is 2. The highest BCUT2D eigenvalue weighted by Gasteiger charge is 2.33. The molecule has 2 heterocycles. The number of hydrogen-bond acceptors (Lipinski definition) is 6.